The Labute approximate surface area is 78.7 Å². The van der Waals surface area contributed by atoms with E-state index in [1.54, 1.807) is 0 Å². The number of hydrogen-bond acceptors (Lipinski definition) is 3. The number of rotatable bonds is 3. The van der Waals surface area contributed by atoms with E-state index >= 15 is 0 Å². The van der Waals surface area contributed by atoms with E-state index in [1.807, 2.05) is 11.8 Å². The van der Waals surface area contributed by atoms with E-state index in [1.165, 1.54) is 12.2 Å². The van der Waals surface area contributed by atoms with E-state index in [0.717, 1.165) is 12.2 Å². The van der Waals surface area contributed by atoms with E-state index in [9.17, 15) is 0 Å². The fraction of sp³-hybridized carbons (Fsp3) is 0.778. The number of terminal acetylenes is 1. The zero-order chi connectivity index (χ0) is 8.86. The third-order valence-corrected chi connectivity index (χ3v) is 3.61. The van der Waals surface area contributed by atoms with Crippen LogP contribution in [0.15, 0.2) is 0 Å². The summed E-state index contributed by atoms with van der Waals surface area (Å²) in [5, 5.41) is 3.35. The zero-order valence-electron chi connectivity index (χ0n) is 7.31. The first-order chi connectivity index (χ1) is 5.83. The molecule has 1 fully saturated rings. The van der Waals surface area contributed by atoms with Crippen LogP contribution < -0.4 is 11.1 Å². The van der Waals surface area contributed by atoms with Crippen LogP contribution >= 0.6 is 11.8 Å². The molecule has 1 heterocycles. The molecule has 1 rings (SSSR count). The summed E-state index contributed by atoms with van der Waals surface area (Å²) in [5.41, 5.74) is 5.85. The average Bonchev–Trinajstić information content (AvgIpc) is 2.16. The van der Waals surface area contributed by atoms with Crippen molar-refractivity contribution in [3.63, 3.8) is 0 Å². The van der Waals surface area contributed by atoms with E-state index in [-0.39, 0.29) is 5.54 Å². The molecule has 1 unspecified atom stereocenters. The van der Waals surface area contributed by atoms with Crippen LogP contribution in [0.3, 0.4) is 0 Å². The molecule has 2 nitrogen and oxygen atoms in total. The second-order valence-corrected chi connectivity index (χ2v) is 4.30. The fourth-order valence-electron chi connectivity index (χ4n) is 1.46. The summed E-state index contributed by atoms with van der Waals surface area (Å²) in [5.74, 6) is 4.96. The van der Waals surface area contributed by atoms with Crippen molar-refractivity contribution in [1.29, 1.82) is 0 Å². The predicted molar refractivity (Wildman–Crippen MR) is 55.2 cm³/mol. The van der Waals surface area contributed by atoms with Gasteiger partial charge < -0.3 is 5.73 Å². The van der Waals surface area contributed by atoms with Gasteiger partial charge in [0.1, 0.15) is 0 Å². The van der Waals surface area contributed by atoms with E-state index in [2.05, 4.69) is 11.2 Å². The summed E-state index contributed by atoms with van der Waals surface area (Å²) in [6, 6.07) is 0. The Morgan fingerprint density at radius 2 is 2.50 bits per heavy atom. The number of nitrogens with two attached hydrogens (primary N) is 1. The van der Waals surface area contributed by atoms with Crippen molar-refractivity contribution in [3.05, 3.63) is 0 Å². The molecule has 0 saturated carbocycles. The standard InChI is InChI=1S/C9H16N2S/c1-2-5-11-9(7-10)4-3-6-12-8-9/h1,11H,3-8,10H2. The molecule has 0 aromatic heterocycles. The molecule has 0 radical (unpaired) electrons. The zero-order valence-corrected chi connectivity index (χ0v) is 8.12. The number of hydrogen-bond donors (Lipinski definition) is 2. The Morgan fingerprint density at radius 1 is 1.67 bits per heavy atom. The number of thioether (sulfide) groups is 1. The van der Waals surface area contributed by atoms with Gasteiger partial charge in [0.25, 0.3) is 0 Å². The number of nitrogens with one attached hydrogen (secondary N) is 1. The van der Waals surface area contributed by atoms with Crippen molar-refractivity contribution in [2.75, 3.05) is 24.6 Å². The Bertz CT molecular complexity index is 168. The van der Waals surface area contributed by atoms with Gasteiger partial charge in [0, 0.05) is 17.8 Å². The van der Waals surface area contributed by atoms with Gasteiger partial charge in [-0.1, -0.05) is 5.92 Å². The van der Waals surface area contributed by atoms with Crippen molar-refractivity contribution in [2.24, 2.45) is 5.73 Å². The van der Waals surface area contributed by atoms with Crippen LogP contribution in [0.4, 0.5) is 0 Å². The van der Waals surface area contributed by atoms with Crippen molar-refractivity contribution in [3.8, 4) is 12.3 Å². The molecule has 1 aliphatic rings. The Kier molecular flexibility index (Phi) is 3.93. The van der Waals surface area contributed by atoms with Gasteiger partial charge in [0.05, 0.1) is 6.54 Å². The molecule has 12 heavy (non-hydrogen) atoms. The molecule has 0 aliphatic carbocycles. The van der Waals surface area contributed by atoms with Gasteiger partial charge >= 0.3 is 0 Å². The SMILES string of the molecule is C#CCNC1(CN)CCCSC1. The highest BCUT2D eigenvalue weighted by Gasteiger charge is 2.29. The summed E-state index contributed by atoms with van der Waals surface area (Å²) in [7, 11) is 0. The van der Waals surface area contributed by atoms with Crippen LogP contribution in [0.25, 0.3) is 0 Å². The van der Waals surface area contributed by atoms with Gasteiger partial charge in [0.2, 0.25) is 0 Å². The lowest BCUT2D eigenvalue weighted by Crippen LogP contribution is -2.54. The molecule has 0 bridgehead atoms. The van der Waals surface area contributed by atoms with Crippen LogP contribution in [-0.2, 0) is 0 Å². The average molecular weight is 184 g/mol. The first-order valence-electron chi connectivity index (χ1n) is 4.29. The first-order valence-corrected chi connectivity index (χ1v) is 5.45. The highest BCUT2D eigenvalue weighted by molar-refractivity contribution is 7.99. The highest BCUT2D eigenvalue weighted by atomic mass is 32.2. The molecular formula is C9H16N2S. The Hall–Kier alpha value is -0.170. The molecule has 3 heteroatoms. The lowest BCUT2D eigenvalue weighted by atomic mass is 9.95. The van der Waals surface area contributed by atoms with Crippen LogP contribution in [0.2, 0.25) is 0 Å². The van der Waals surface area contributed by atoms with E-state index < -0.39 is 0 Å². The van der Waals surface area contributed by atoms with Crippen LogP contribution in [0, 0.1) is 12.3 Å². The van der Waals surface area contributed by atoms with Crippen molar-refractivity contribution < 1.29 is 0 Å². The minimum Gasteiger partial charge on any atom is -0.329 e. The third-order valence-electron chi connectivity index (χ3n) is 2.28. The van der Waals surface area contributed by atoms with Crippen molar-refractivity contribution >= 4 is 11.8 Å². The first kappa shape index (κ1) is 9.91. The van der Waals surface area contributed by atoms with Gasteiger partial charge in [-0.2, -0.15) is 11.8 Å². The van der Waals surface area contributed by atoms with Crippen LogP contribution in [0.1, 0.15) is 12.8 Å². The lowest BCUT2D eigenvalue weighted by molar-refractivity contribution is 0.354. The molecule has 0 spiro atoms. The van der Waals surface area contributed by atoms with Crippen molar-refractivity contribution in [1.82, 2.24) is 5.32 Å². The van der Waals surface area contributed by atoms with E-state index in [0.29, 0.717) is 13.1 Å². The quantitative estimate of drug-likeness (QED) is 0.625. The second kappa shape index (κ2) is 4.76. The molecule has 1 atom stereocenters. The molecule has 1 aliphatic heterocycles. The Morgan fingerprint density at radius 3 is 3.00 bits per heavy atom. The summed E-state index contributed by atoms with van der Waals surface area (Å²) < 4.78 is 0. The van der Waals surface area contributed by atoms with Crippen LogP contribution in [0.5, 0.6) is 0 Å². The van der Waals surface area contributed by atoms with Crippen molar-refractivity contribution in [2.45, 2.75) is 18.4 Å². The summed E-state index contributed by atoms with van der Waals surface area (Å²) in [6.45, 7) is 1.33. The van der Waals surface area contributed by atoms with Crippen LogP contribution in [-0.4, -0.2) is 30.1 Å². The minimum atomic E-state index is 0.120. The van der Waals surface area contributed by atoms with Gasteiger partial charge in [-0.05, 0) is 18.6 Å². The Balaban J connectivity index is 2.43. The third kappa shape index (κ3) is 2.41. The largest absolute Gasteiger partial charge is 0.329 e. The summed E-state index contributed by atoms with van der Waals surface area (Å²) >= 11 is 1.97. The monoisotopic (exact) mass is 184 g/mol. The smallest absolute Gasteiger partial charge is 0.0578 e. The molecular weight excluding hydrogens is 168 g/mol. The minimum absolute atomic E-state index is 0.120. The predicted octanol–water partition coefficient (Wildman–Crippen LogP) is 0.434. The molecule has 0 aromatic carbocycles. The molecule has 0 amide bonds. The van der Waals surface area contributed by atoms with Gasteiger partial charge in [-0.3, -0.25) is 5.32 Å². The topological polar surface area (TPSA) is 38.0 Å². The molecule has 68 valence electrons. The van der Waals surface area contributed by atoms with Gasteiger partial charge in [-0.15, -0.1) is 6.42 Å². The second-order valence-electron chi connectivity index (χ2n) is 3.20. The lowest BCUT2D eigenvalue weighted by Gasteiger charge is -2.36. The highest BCUT2D eigenvalue weighted by Crippen LogP contribution is 2.25. The molecule has 3 N–H and O–H groups in total. The maximum Gasteiger partial charge on any atom is 0.0578 e. The molecule has 1 saturated heterocycles. The summed E-state index contributed by atoms with van der Waals surface area (Å²) in [6.07, 6.45) is 7.61. The maximum atomic E-state index is 5.73. The molecule has 0 aromatic rings. The fourth-order valence-corrected chi connectivity index (χ4v) is 2.71. The van der Waals surface area contributed by atoms with Gasteiger partial charge in [0.15, 0.2) is 0 Å². The van der Waals surface area contributed by atoms with Gasteiger partial charge in [-0.25, -0.2) is 0 Å². The van der Waals surface area contributed by atoms with E-state index in [4.69, 9.17) is 12.2 Å². The summed E-state index contributed by atoms with van der Waals surface area (Å²) in [4.78, 5) is 0. The maximum absolute atomic E-state index is 5.73. The normalized spacial score (nSPS) is 29.7.